The summed E-state index contributed by atoms with van der Waals surface area (Å²) in [4.78, 5) is 30.1. The zero-order valence-electron chi connectivity index (χ0n) is 17.4. The van der Waals surface area contributed by atoms with E-state index in [4.69, 9.17) is 11.6 Å². The van der Waals surface area contributed by atoms with Gasteiger partial charge in [-0.25, -0.2) is 10.4 Å². The third-order valence-electron chi connectivity index (χ3n) is 4.60. The largest absolute Gasteiger partial charge is 0.272 e. The van der Waals surface area contributed by atoms with Crippen LogP contribution in [0.1, 0.15) is 5.56 Å². The SMILES string of the molecule is O=C(CSc1nc2ccccc2c(=O)n1-c1ccc(Cl)cc1)N/N=C/C=C/c1ccccc1. The molecule has 0 bridgehead atoms. The fourth-order valence-electron chi connectivity index (χ4n) is 3.06. The Hall–Kier alpha value is -3.68. The van der Waals surface area contributed by atoms with Crippen molar-refractivity contribution in [2.75, 3.05) is 5.75 Å². The third kappa shape index (κ3) is 5.77. The lowest BCUT2D eigenvalue weighted by Crippen LogP contribution is -2.24. The number of rotatable bonds is 7. The van der Waals surface area contributed by atoms with Gasteiger partial charge in [0.2, 0.25) is 0 Å². The molecule has 0 aliphatic carbocycles. The molecule has 6 nitrogen and oxygen atoms in total. The van der Waals surface area contributed by atoms with Crippen LogP contribution in [0.25, 0.3) is 22.7 Å². The second-order valence-corrected chi connectivity index (χ2v) is 8.28. The normalized spacial score (nSPS) is 11.4. The molecule has 0 spiro atoms. The maximum absolute atomic E-state index is 13.2. The lowest BCUT2D eigenvalue weighted by molar-refractivity contribution is -0.118. The highest BCUT2D eigenvalue weighted by molar-refractivity contribution is 7.99. The second-order valence-electron chi connectivity index (χ2n) is 6.90. The van der Waals surface area contributed by atoms with Gasteiger partial charge < -0.3 is 0 Å². The Morgan fingerprint density at radius 2 is 1.76 bits per heavy atom. The van der Waals surface area contributed by atoms with Gasteiger partial charge in [0.05, 0.1) is 22.3 Å². The van der Waals surface area contributed by atoms with Gasteiger partial charge in [0.15, 0.2) is 5.16 Å². The van der Waals surface area contributed by atoms with Gasteiger partial charge in [0.1, 0.15) is 0 Å². The molecule has 33 heavy (non-hydrogen) atoms. The van der Waals surface area contributed by atoms with Crippen LogP contribution in [0.3, 0.4) is 0 Å². The van der Waals surface area contributed by atoms with Gasteiger partial charge in [0.25, 0.3) is 11.5 Å². The predicted octanol–water partition coefficient (Wildman–Crippen LogP) is 4.95. The predicted molar refractivity (Wildman–Crippen MR) is 135 cm³/mol. The Labute approximate surface area is 199 Å². The summed E-state index contributed by atoms with van der Waals surface area (Å²) >= 11 is 7.16. The number of hydrazone groups is 1. The average molecular weight is 475 g/mol. The number of carbonyl (C=O) groups is 1. The lowest BCUT2D eigenvalue weighted by Gasteiger charge is -2.13. The Morgan fingerprint density at radius 3 is 2.55 bits per heavy atom. The van der Waals surface area contributed by atoms with Crippen LogP contribution >= 0.6 is 23.4 Å². The number of thioether (sulfide) groups is 1. The molecular weight excluding hydrogens is 456 g/mol. The van der Waals surface area contributed by atoms with E-state index in [0.29, 0.717) is 26.8 Å². The number of halogens is 1. The van der Waals surface area contributed by atoms with E-state index >= 15 is 0 Å². The quantitative estimate of drug-likeness (QED) is 0.178. The molecular formula is C25H19ClN4O2S. The first-order valence-corrected chi connectivity index (χ1v) is 11.4. The third-order valence-corrected chi connectivity index (χ3v) is 5.79. The highest BCUT2D eigenvalue weighted by Gasteiger charge is 2.14. The zero-order chi connectivity index (χ0) is 23.0. The number of amides is 1. The molecule has 1 heterocycles. The van der Waals surface area contributed by atoms with E-state index in [1.165, 1.54) is 10.8 Å². The van der Waals surface area contributed by atoms with E-state index in [1.54, 1.807) is 48.5 Å². The number of nitrogens with one attached hydrogen (secondary N) is 1. The average Bonchev–Trinajstić information content (AvgIpc) is 2.84. The molecule has 1 N–H and O–H groups in total. The minimum atomic E-state index is -0.311. The Kier molecular flexibility index (Phi) is 7.34. The molecule has 0 saturated heterocycles. The summed E-state index contributed by atoms with van der Waals surface area (Å²) in [6.07, 6.45) is 5.13. The molecule has 3 aromatic carbocycles. The first-order chi connectivity index (χ1) is 16.1. The van der Waals surface area contributed by atoms with Crippen molar-refractivity contribution in [3.05, 3.63) is 106 Å². The molecule has 0 unspecified atom stereocenters. The van der Waals surface area contributed by atoms with Crippen molar-refractivity contribution in [3.8, 4) is 5.69 Å². The summed E-state index contributed by atoms with van der Waals surface area (Å²) in [5.74, 6) is -0.271. The summed E-state index contributed by atoms with van der Waals surface area (Å²) in [5, 5.41) is 5.39. The van der Waals surface area contributed by atoms with Crippen molar-refractivity contribution in [1.29, 1.82) is 0 Å². The van der Waals surface area contributed by atoms with Gasteiger partial charge in [-0.1, -0.05) is 71.9 Å². The van der Waals surface area contributed by atoms with Crippen molar-refractivity contribution in [2.24, 2.45) is 5.10 Å². The minimum absolute atomic E-state index is 0.0398. The summed E-state index contributed by atoms with van der Waals surface area (Å²) in [7, 11) is 0. The maximum Gasteiger partial charge on any atom is 0.266 e. The van der Waals surface area contributed by atoms with E-state index in [1.807, 2.05) is 42.5 Å². The molecule has 0 saturated carbocycles. The Balaban J connectivity index is 1.49. The molecule has 8 heteroatoms. The number of hydrogen-bond donors (Lipinski definition) is 1. The summed E-state index contributed by atoms with van der Waals surface area (Å²) in [5.41, 5.74) is 4.50. The van der Waals surface area contributed by atoms with Crippen LogP contribution in [-0.2, 0) is 4.79 Å². The van der Waals surface area contributed by atoms with Crippen LogP contribution in [0.5, 0.6) is 0 Å². The van der Waals surface area contributed by atoms with Crippen molar-refractivity contribution < 1.29 is 4.79 Å². The lowest BCUT2D eigenvalue weighted by atomic mass is 10.2. The van der Waals surface area contributed by atoms with Gasteiger partial charge in [0, 0.05) is 11.2 Å². The Morgan fingerprint density at radius 1 is 1.03 bits per heavy atom. The topological polar surface area (TPSA) is 76.3 Å². The van der Waals surface area contributed by atoms with E-state index in [2.05, 4.69) is 15.5 Å². The summed E-state index contributed by atoms with van der Waals surface area (Å²) in [6, 6.07) is 23.8. The van der Waals surface area contributed by atoms with Crippen LogP contribution < -0.4 is 11.0 Å². The van der Waals surface area contributed by atoms with Crippen LogP contribution in [0.2, 0.25) is 5.02 Å². The molecule has 0 radical (unpaired) electrons. The van der Waals surface area contributed by atoms with Gasteiger partial charge in [-0.05, 0) is 48.0 Å². The molecule has 0 fully saturated rings. The fraction of sp³-hybridized carbons (Fsp3) is 0.0400. The van der Waals surface area contributed by atoms with Crippen molar-refractivity contribution in [1.82, 2.24) is 15.0 Å². The molecule has 1 amide bonds. The van der Waals surface area contributed by atoms with Gasteiger partial charge >= 0.3 is 0 Å². The van der Waals surface area contributed by atoms with E-state index in [9.17, 15) is 9.59 Å². The van der Waals surface area contributed by atoms with Crippen molar-refractivity contribution in [3.63, 3.8) is 0 Å². The van der Waals surface area contributed by atoms with Crippen LogP contribution in [-0.4, -0.2) is 27.4 Å². The van der Waals surface area contributed by atoms with Crippen LogP contribution in [0.4, 0.5) is 0 Å². The first-order valence-electron chi connectivity index (χ1n) is 10.1. The van der Waals surface area contributed by atoms with E-state index in [-0.39, 0.29) is 17.2 Å². The van der Waals surface area contributed by atoms with Gasteiger partial charge in [-0.2, -0.15) is 5.10 Å². The van der Waals surface area contributed by atoms with Crippen LogP contribution in [0.15, 0.2) is 100.0 Å². The van der Waals surface area contributed by atoms with E-state index in [0.717, 1.165) is 17.3 Å². The highest BCUT2D eigenvalue weighted by Crippen LogP contribution is 2.22. The summed E-state index contributed by atoms with van der Waals surface area (Å²) in [6.45, 7) is 0. The number of hydrogen-bond acceptors (Lipinski definition) is 5. The first kappa shape index (κ1) is 22.5. The van der Waals surface area contributed by atoms with Crippen LogP contribution in [0, 0.1) is 0 Å². The number of carbonyl (C=O) groups excluding carboxylic acids is 1. The Bertz CT molecular complexity index is 1380. The highest BCUT2D eigenvalue weighted by atomic mass is 35.5. The number of fused-ring (bicyclic) bond motifs is 1. The standard InChI is InChI=1S/C25H19ClN4O2S/c26-19-12-14-20(15-13-19)30-24(32)21-10-4-5-11-22(21)28-25(30)33-17-23(31)29-27-16-6-9-18-7-2-1-3-8-18/h1-16H,17H2,(H,29,31)/b9-6+,27-16+. The zero-order valence-corrected chi connectivity index (χ0v) is 19.0. The van der Waals surface area contributed by atoms with E-state index < -0.39 is 0 Å². The molecule has 0 aliphatic rings. The number of aromatic nitrogens is 2. The second kappa shape index (κ2) is 10.8. The molecule has 164 valence electrons. The van der Waals surface area contributed by atoms with Gasteiger partial charge in [-0.15, -0.1) is 0 Å². The maximum atomic E-state index is 13.2. The monoisotopic (exact) mass is 474 g/mol. The summed E-state index contributed by atoms with van der Waals surface area (Å²) < 4.78 is 1.49. The smallest absolute Gasteiger partial charge is 0.266 e. The van der Waals surface area contributed by atoms with Crippen molar-refractivity contribution in [2.45, 2.75) is 5.16 Å². The molecule has 0 atom stereocenters. The fourth-order valence-corrected chi connectivity index (χ4v) is 3.99. The molecule has 0 aliphatic heterocycles. The molecule has 1 aromatic heterocycles. The van der Waals surface area contributed by atoms with Crippen molar-refractivity contribution >= 4 is 52.5 Å². The number of para-hydroxylation sites is 1. The molecule has 4 rings (SSSR count). The molecule has 4 aromatic rings. The number of nitrogens with zero attached hydrogens (tertiary/aromatic N) is 3. The van der Waals surface area contributed by atoms with Gasteiger partial charge in [-0.3, -0.25) is 14.2 Å². The number of benzene rings is 3. The number of allylic oxidation sites excluding steroid dienone is 1. The minimum Gasteiger partial charge on any atom is -0.272 e.